The van der Waals surface area contributed by atoms with E-state index in [1.165, 1.54) is 38.5 Å². The van der Waals surface area contributed by atoms with E-state index in [9.17, 15) is 4.79 Å². The summed E-state index contributed by atoms with van der Waals surface area (Å²) in [5.74, 6) is 1.75. The van der Waals surface area contributed by atoms with Crippen LogP contribution in [0.3, 0.4) is 0 Å². The molecular weight excluding hydrogens is 382 g/mol. The lowest BCUT2D eigenvalue weighted by atomic mass is 9.96. The Balaban J connectivity index is 2.55. The van der Waals surface area contributed by atoms with Crippen LogP contribution >= 0.6 is 0 Å². The maximum atomic E-state index is 12.2. The Morgan fingerprint density at radius 1 is 1.16 bits per heavy atom. The van der Waals surface area contributed by atoms with Gasteiger partial charge in [-0.3, -0.25) is 4.79 Å². The maximum Gasteiger partial charge on any atom is 0.158 e. The van der Waals surface area contributed by atoms with Crippen molar-refractivity contribution in [2.75, 3.05) is 0 Å². The van der Waals surface area contributed by atoms with Gasteiger partial charge in [-0.1, -0.05) is 58.6 Å². The Bertz CT molecular complexity index is 920. The summed E-state index contributed by atoms with van der Waals surface area (Å²) in [6, 6.07) is 6.32. The molecule has 4 heteroatoms. The third kappa shape index (κ3) is 6.64. The molecule has 1 unspecified atom stereocenters. The lowest BCUT2D eigenvalue weighted by Crippen LogP contribution is -2.14. The molecule has 0 aliphatic rings. The first-order valence-corrected chi connectivity index (χ1v) is 12.1. The molecule has 0 fully saturated rings. The molecule has 0 saturated heterocycles. The van der Waals surface area contributed by atoms with Crippen molar-refractivity contribution in [3.8, 4) is 0 Å². The molecule has 0 radical (unpaired) electrons. The van der Waals surface area contributed by atoms with Gasteiger partial charge in [-0.25, -0.2) is 4.98 Å². The number of unbranched alkanes of at least 4 members (excludes halogenated alkanes) is 2. The van der Waals surface area contributed by atoms with Crippen LogP contribution in [0.2, 0.25) is 0 Å². The quantitative estimate of drug-likeness (QED) is 0.218. The van der Waals surface area contributed by atoms with Crippen LogP contribution < -0.4 is 5.73 Å². The number of imidazole rings is 1. The Kier molecular flexibility index (Phi) is 10.2. The molecule has 4 nitrogen and oxygen atoms in total. The van der Waals surface area contributed by atoms with Gasteiger partial charge in [0, 0.05) is 25.1 Å². The van der Waals surface area contributed by atoms with Gasteiger partial charge in [0.2, 0.25) is 0 Å². The average molecular weight is 424 g/mol. The van der Waals surface area contributed by atoms with Gasteiger partial charge in [0.15, 0.2) is 5.78 Å². The predicted molar refractivity (Wildman–Crippen MR) is 133 cm³/mol. The summed E-state index contributed by atoms with van der Waals surface area (Å²) in [4.78, 5) is 17.2. The van der Waals surface area contributed by atoms with Gasteiger partial charge in [0.1, 0.15) is 5.82 Å². The minimum Gasteiger partial charge on any atom is -0.326 e. The number of hydrogen-bond acceptors (Lipinski definition) is 3. The fraction of sp³-hybridized carbons (Fsp3) is 0.556. The fourth-order valence-electron chi connectivity index (χ4n) is 4.25. The molecule has 1 aromatic heterocycles. The van der Waals surface area contributed by atoms with Crippen molar-refractivity contribution >= 4 is 22.4 Å². The van der Waals surface area contributed by atoms with Crippen molar-refractivity contribution in [3.63, 3.8) is 0 Å². The zero-order valence-electron chi connectivity index (χ0n) is 20.2. The molecule has 0 amide bonds. The van der Waals surface area contributed by atoms with E-state index in [0.717, 1.165) is 40.1 Å². The highest BCUT2D eigenvalue weighted by Crippen LogP contribution is 2.28. The molecule has 1 atom stereocenters. The van der Waals surface area contributed by atoms with Crippen molar-refractivity contribution in [1.82, 2.24) is 9.55 Å². The number of nitrogens with zero attached hydrogens (tertiary/aromatic N) is 2. The van der Waals surface area contributed by atoms with E-state index in [4.69, 9.17) is 10.7 Å². The molecule has 0 aliphatic carbocycles. The molecule has 0 saturated carbocycles. The first-order valence-electron chi connectivity index (χ1n) is 12.1. The highest BCUT2D eigenvalue weighted by atomic mass is 16.1. The summed E-state index contributed by atoms with van der Waals surface area (Å²) in [6.45, 7) is 11.8. The molecule has 1 aromatic carbocycles. The largest absolute Gasteiger partial charge is 0.326 e. The Hall–Kier alpha value is -2.20. The third-order valence-corrected chi connectivity index (χ3v) is 6.10. The zero-order chi connectivity index (χ0) is 22.8. The van der Waals surface area contributed by atoms with Gasteiger partial charge in [0.25, 0.3) is 0 Å². The SMILES string of the molecule is C/C=C(\C=C(\C)C(=O)CC)c1nc2ccc(CN)cc2n1CC(CCC)CCCCC. The lowest BCUT2D eigenvalue weighted by Gasteiger charge is -2.20. The molecular formula is C27H41N3O. The van der Waals surface area contributed by atoms with E-state index in [1.54, 1.807) is 0 Å². The van der Waals surface area contributed by atoms with E-state index in [-0.39, 0.29) is 5.78 Å². The van der Waals surface area contributed by atoms with Gasteiger partial charge in [-0.15, -0.1) is 0 Å². The van der Waals surface area contributed by atoms with Crippen LogP contribution in [0.15, 0.2) is 35.9 Å². The number of allylic oxidation sites excluding steroid dienone is 4. The second-order valence-electron chi connectivity index (χ2n) is 8.57. The average Bonchev–Trinajstić information content (AvgIpc) is 3.14. The molecule has 0 bridgehead atoms. The van der Waals surface area contributed by atoms with Gasteiger partial charge >= 0.3 is 0 Å². The number of ketones is 1. The second-order valence-corrected chi connectivity index (χ2v) is 8.57. The predicted octanol–water partition coefficient (Wildman–Crippen LogP) is 6.82. The van der Waals surface area contributed by atoms with Crippen molar-refractivity contribution in [3.05, 3.63) is 47.3 Å². The van der Waals surface area contributed by atoms with Gasteiger partial charge < -0.3 is 10.3 Å². The van der Waals surface area contributed by atoms with Gasteiger partial charge in [-0.2, -0.15) is 0 Å². The molecule has 0 aliphatic heterocycles. The van der Waals surface area contributed by atoms with E-state index in [2.05, 4.69) is 42.7 Å². The van der Waals surface area contributed by atoms with Crippen LogP contribution in [0.25, 0.3) is 16.6 Å². The number of hydrogen-bond donors (Lipinski definition) is 1. The van der Waals surface area contributed by atoms with Crippen LogP contribution in [-0.4, -0.2) is 15.3 Å². The Morgan fingerprint density at radius 3 is 2.55 bits per heavy atom. The molecule has 2 N–H and O–H groups in total. The number of nitrogens with two attached hydrogens (primary N) is 1. The number of carbonyl (C=O) groups is 1. The standard InChI is InChI=1S/C27H41N3O/c1-6-10-11-13-21(12-7-2)19-30-25-17-22(18-28)14-15-24(25)29-27(30)23(8-3)16-20(5)26(31)9-4/h8,14-17,21H,6-7,9-13,18-19,28H2,1-5H3/b20-16-,23-8+. The summed E-state index contributed by atoms with van der Waals surface area (Å²) in [5.41, 5.74) is 11.0. The number of Topliss-reactive ketones (excluding diaryl/α,β-unsaturated/α-hetero) is 1. The monoisotopic (exact) mass is 423 g/mol. The Morgan fingerprint density at radius 2 is 1.94 bits per heavy atom. The molecule has 1 heterocycles. The minimum atomic E-state index is 0.177. The molecule has 170 valence electrons. The molecule has 2 rings (SSSR count). The lowest BCUT2D eigenvalue weighted by molar-refractivity contribution is -0.115. The molecule has 31 heavy (non-hydrogen) atoms. The molecule has 2 aromatic rings. The number of aromatic nitrogens is 2. The van der Waals surface area contributed by atoms with Crippen LogP contribution in [0.4, 0.5) is 0 Å². The first kappa shape index (κ1) is 25.1. The maximum absolute atomic E-state index is 12.2. The summed E-state index contributed by atoms with van der Waals surface area (Å²) >= 11 is 0. The summed E-state index contributed by atoms with van der Waals surface area (Å²) in [7, 11) is 0. The minimum absolute atomic E-state index is 0.177. The van der Waals surface area contributed by atoms with Crippen LogP contribution in [0.5, 0.6) is 0 Å². The topological polar surface area (TPSA) is 60.9 Å². The summed E-state index contributed by atoms with van der Waals surface area (Å²) in [5, 5.41) is 0. The summed E-state index contributed by atoms with van der Waals surface area (Å²) in [6.07, 6.45) is 12.0. The van der Waals surface area contributed by atoms with Crippen molar-refractivity contribution in [2.24, 2.45) is 11.7 Å². The Labute approximate surface area is 188 Å². The normalized spacial score (nSPS) is 13.7. The number of rotatable bonds is 13. The number of carbonyl (C=O) groups excluding carboxylic acids is 1. The molecule has 0 spiro atoms. The smallest absolute Gasteiger partial charge is 0.158 e. The van der Waals surface area contributed by atoms with Crippen molar-refractivity contribution in [2.45, 2.75) is 92.7 Å². The third-order valence-electron chi connectivity index (χ3n) is 6.10. The second kappa shape index (κ2) is 12.6. The van der Waals surface area contributed by atoms with Crippen LogP contribution in [-0.2, 0) is 17.9 Å². The fourth-order valence-corrected chi connectivity index (χ4v) is 4.25. The first-order chi connectivity index (χ1) is 15.0. The van der Waals surface area contributed by atoms with Crippen molar-refractivity contribution in [1.29, 1.82) is 0 Å². The van der Waals surface area contributed by atoms with E-state index >= 15 is 0 Å². The highest BCUT2D eigenvalue weighted by molar-refractivity contribution is 5.97. The van der Waals surface area contributed by atoms with Crippen LogP contribution in [0.1, 0.15) is 91.0 Å². The summed E-state index contributed by atoms with van der Waals surface area (Å²) < 4.78 is 2.37. The van der Waals surface area contributed by atoms with Gasteiger partial charge in [0.05, 0.1) is 11.0 Å². The number of benzene rings is 1. The van der Waals surface area contributed by atoms with E-state index in [1.807, 2.05) is 26.8 Å². The van der Waals surface area contributed by atoms with Gasteiger partial charge in [-0.05, 0) is 62.0 Å². The van der Waals surface area contributed by atoms with E-state index in [0.29, 0.717) is 18.9 Å². The van der Waals surface area contributed by atoms with E-state index < -0.39 is 0 Å². The highest BCUT2D eigenvalue weighted by Gasteiger charge is 2.18. The number of fused-ring (bicyclic) bond motifs is 1. The van der Waals surface area contributed by atoms with Crippen molar-refractivity contribution < 1.29 is 4.79 Å². The van der Waals surface area contributed by atoms with Crippen LogP contribution in [0, 0.1) is 5.92 Å². The zero-order valence-corrected chi connectivity index (χ0v) is 20.2.